The Morgan fingerprint density at radius 1 is 0.929 bits per heavy atom. The number of hydrogen-bond donors (Lipinski definition) is 0. The molecule has 28 heavy (non-hydrogen) atoms. The van der Waals surface area contributed by atoms with E-state index in [0.717, 1.165) is 18.6 Å². The molecule has 1 atom stereocenters. The van der Waals surface area contributed by atoms with Crippen molar-refractivity contribution < 1.29 is 47.3 Å². The van der Waals surface area contributed by atoms with Gasteiger partial charge in [0.2, 0.25) is 0 Å². The van der Waals surface area contributed by atoms with Crippen LogP contribution in [0.3, 0.4) is 0 Å². The number of unbranched alkanes of at least 4 members (excludes halogenated alkanes) is 6. The number of benzene rings is 1. The van der Waals surface area contributed by atoms with Gasteiger partial charge in [0, 0.05) is 5.25 Å². The summed E-state index contributed by atoms with van der Waals surface area (Å²) in [4.78, 5) is 0. The molecule has 1 rings (SSSR count). The average Bonchev–Trinajstić information content (AvgIpc) is 2.62. The molecule has 0 heterocycles. The third-order valence-corrected chi connectivity index (χ3v) is 6.28. The van der Waals surface area contributed by atoms with Gasteiger partial charge in [-0.2, -0.15) is 0 Å². The molecular formula is C22H37NaO4S. The van der Waals surface area contributed by atoms with Gasteiger partial charge >= 0.3 is 29.6 Å². The zero-order valence-corrected chi connectivity index (χ0v) is 21.2. The number of hydrogen-bond acceptors (Lipinski definition) is 4. The maximum absolute atomic E-state index is 11.0. The first-order chi connectivity index (χ1) is 12.9. The van der Waals surface area contributed by atoms with Crippen LogP contribution >= 0.6 is 0 Å². The summed E-state index contributed by atoms with van der Waals surface area (Å²) in [6.45, 7) is 6.12. The van der Waals surface area contributed by atoms with Crippen molar-refractivity contribution in [1.29, 1.82) is 0 Å². The van der Waals surface area contributed by atoms with Gasteiger partial charge in [-0.1, -0.05) is 58.4 Å². The van der Waals surface area contributed by atoms with Crippen molar-refractivity contribution in [3.8, 4) is 5.75 Å². The first-order valence-corrected chi connectivity index (χ1v) is 12.0. The Balaban J connectivity index is 0.00000729. The smallest absolute Gasteiger partial charge is 0.748 e. The van der Waals surface area contributed by atoms with Gasteiger partial charge in [0.05, 0.1) is 16.7 Å². The molecule has 156 valence electrons. The van der Waals surface area contributed by atoms with Crippen molar-refractivity contribution in [1.82, 2.24) is 0 Å². The molecule has 0 aliphatic carbocycles. The van der Waals surface area contributed by atoms with Gasteiger partial charge in [-0.25, -0.2) is 8.42 Å². The topological polar surface area (TPSA) is 66.4 Å². The Labute approximate surface area is 194 Å². The maximum Gasteiger partial charge on any atom is 1.00 e. The number of ether oxygens (including phenoxy) is 1. The van der Waals surface area contributed by atoms with Gasteiger partial charge in [-0.3, -0.25) is 0 Å². The molecule has 0 aromatic heterocycles. The summed E-state index contributed by atoms with van der Waals surface area (Å²) in [6.07, 6.45) is 12.3. The van der Waals surface area contributed by atoms with Crippen molar-refractivity contribution in [3.63, 3.8) is 0 Å². The van der Waals surface area contributed by atoms with Crippen molar-refractivity contribution in [3.05, 3.63) is 29.3 Å². The second-order valence-electron chi connectivity index (χ2n) is 7.49. The Morgan fingerprint density at radius 2 is 1.50 bits per heavy atom. The molecule has 0 amide bonds. The van der Waals surface area contributed by atoms with Crippen molar-refractivity contribution in [2.75, 3.05) is 6.61 Å². The van der Waals surface area contributed by atoms with Crippen LogP contribution < -0.4 is 34.3 Å². The fourth-order valence-corrected chi connectivity index (χ4v) is 3.53. The first-order valence-electron chi connectivity index (χ1n) is 10.6. The molecule has 0 saturated heterocycles. The molecule has 0 radical (unpaired) electrons. The monoisotopic (exact) mass is 420 g/mol. The molecule has 0 bridgehead atoms. The van der Waals surface area contributed by atoms with Gasteiger partial charge in [-0.15, -0.1) is 0 Å². The van der Waals surface area contributed by atoms with Crippen molar-refractivity contribution in [2.45, 2.75) is 96.7 Å². The van der Waals surface area contributed by atoms with Crippen LogP contribution in [0.5, 0.6) is 5.75 Å². The van der Waals surface area contributed by atoms with Crippen LogP contribution in [0, 0.1) is 0 Å². The fraction of sp³-hybridized carbons (Fsp3) is 0.727. The van der Waals surface area contributed by atoms with Crippen LogP contribution in [-0.4, -0.2) is 24.8 Å². The number of aryl methyl sites for hydroxylation is 2. The molecule has 1 aromatic carbocycles. The third-order valence-electron chi connectivity index (χ3n) is 5.06. The van der Waals surface area contributed by atoms with Crippen LogP contribution in [0.2, 0.25) is 0 Å². The summed E-state index contributed by atoms with van der Waals surface area (Å²) in [5.41, 5.74) is 2.76. The van der Waals surface area contributed by atoms with Gasteiger partial charge in [0.25, 0.3) is 0 Å². The molecule has 6 heteroatoms. The van der Waals surface area contributed by atoms with E-state index in [-0.39, 0.29) is 42.6 Å². The van der Waals surface area contributed by atoms with Crippen molar-refractivity contribution >= 4 is 10.1 Å². The molecule has 0 spiro atoms. The molecule has 1 aromatic rings. The zero-order chi connectivity index (χ0) is 20.1. The quantitative estimate of drug-likeness (QED) is 0.249. The minimum Gasteiger partial charge on any atom is -0.748 e. The van der Waals surface area contributed by atoms with Crippen molar-refractivity contribution in [2.24, 2.45) is 0 Å². The molecule has 1 unspecified atom stereocenters. The molecular weight excluding hydrogens is 383 g/mol. The normalized spacial score (nSPS) is 12.4. The summed E-state index contributed by atoms with van der Waals surface area (Å²) in [6, 6.07) is 6.24. The molecule has 0 fully saturated rings. The average molecular weight is 421 g/mol. The van der Waals surface area contributed by atoms with Crippen LogP contribution in [-0.2, 0) is 23.0 Å². The minimum absolute atomic E-state index is 0. The standard InChI is InChI=1S/C22H38O4S.Na/c1-4-6-8-10-12-20-14-15-22(18-21(20)13-11-9-7-5-2)26-17-16-19(3)27(23,24)25;/h14-15,18-19H,4-13,16-17H2,1-3H3,(H,23,24,25);/q;+1/p-1. The summed E-state index contributed by atoms with van der Waals surface area (Å²) in [5, 5.41) is -0.913. The molecule has 0 aliphatic heterocycles. The van der Waals surface area contributed by atoms with Gasteiger partial charge in [0.15, 0.2) is 0 Å². The van der Waals surface area contributed by atoms with E-state index < -0.39 is 15.4 Å². The van der Waals surface area contributed by atoms with Crippen LogP contribution in [0.1, 0.15) is 89.7 Å². The van der Waals surface area contributed by atoms with Crippen LogP contribution in [0.15, 0.2) is 18.2 Å². The van der Waals surface area contributed by atoms with E-state index in [1.807, 2.05) is 6.07 Å². The van der Waals surface area contributed by atoms with E-state index in [2.05, 4.69) is 26.0 Å². The Morgan fingerprint density at radius 3 is 2.04 bits per heavy atom. The fourth-order valence-electron chi connectivity index (χ4n) is 3.14. The summed E-state index contributed by atoms with van der Waals surface area (Å²) >= 11 is 0. The van der Waals surface area contributed by atoms with Crippen LogP contribution in [0.25, 0.3) is 0 Å². The SMILES string of the molecule is CCCCCCc1ccc(OCCC(C)S(=O)(=O)[O-])cc1CCCCCC.[Na+]. The summed E-state index contributed by atoms with van der Waals surface area (Å²) in [7, 11) is -4.23. The van der Waals surface area contributed by atoms with Crippen LogP contribution in [0.4, 0.5) is 0 Å². The number of rotatable bonds is 15. The predicted octanol–water partition coefficient (Wildman–Crippen LogP) is 2.64. The maximum atomic E-state index is 11.0. The van der Waals surface area contributed by atoms with E-state index in [1.165, 1.54) is 69.4 Å². The Kier molecular flexibility index (Phi) is 15.7. The second kappa shape index (κ2) is 15.7. The Bertz CT molecular complexity index is 631. The predicted molar refractivity (Wildman–Crippen MR) is 111 cm³/mol. The summed E-state index contributed by atoms with van der Waals surface area (Å²) < 4.78 is 38.7. The third kappa shape index (κ3) is 11.8. The van der Waals surface area contributed by atoms with E-state index in [9.17, 15) is 13.0 Å². The first kappa shape index (κ1) is 27.9. The molecule has 0 saturated carbocycles. The largest absolute Gasteiger partial charge is 1.00 e. The van der Waals surface area contributed by atoms with Gasteiger partial charge in [0.1, 0.15) is 5.75 Å². The minimum atomic E-state index is -4.23. The van der Waals surface area contributed by atoms with Gasteiger partial charge in [-0.05, 0) is 62.3 Å². The molecule has 0 aliphatic rings. The van der Waals surface area contributed by atoms with E-state index in [4.69, 9.17) is 4.74 Å². The van der Waals surface area contributed by atoms with E-state index in [0.29, 0.717) is 0 Å². The van der Waals surface area contributed by atoms with E-state index >= 15 is 0 Å². The Hall–Kier alpha value is -0.0700. The molecule has 0 N–H and O–H groups in total. The second-order valence-corrected chi connectivity index (χ2v) is 9.28. The molecule has 4 nitrogen and oxygen atoms in total. The summed E-state index contributed by atoms with van der Waals surface area (Å²) in [5.74, 6) is 0.772. The zero-order valence-electron chi connectivity index (χ0n) is 18.3. The van der Waals surface area contributed by atoms with E-state index in [1.54, 1.807) is 0 Å². The van der Waals surface area contributed by atoms with Gasteiger partial charge < -0.3 is 9.29 Å².